The first-order chi connectivity index (χ1) is 23.4. The van der Waals surface area contributed by atoms with Crippen LogP contribution in [0.3, 0.4) is 0 Å². The molecule has 2 aliphatic rings. The van der Waals surface area contributed by atoms with Gasteiger partial charge in [0.15, 0.2) is 0 Å². The van der Waals surface area contributed by atoms with Crippen LogP contribution in [0, 0.1) is 0 Å². The Morgan fingerprint density at radius 1 is 0.471 bits per heavy atom. The lowest BCUT2D eigenvalue weighted by atomic mass is 9.72. The van der Waals surface area contributed by atoms with Crippen LogP contribution in [0.1, 0.15) is 141 Å². The summed E-state index contributed by atoms with van der Waals surface area (Å²) >= 11 is 0. The normalized spacial score (nSPS) is 20.5. The van der Waals surface area contributed by atoms with E-state index in [1.807, 2.05) is 62.4 Å². The molecule has 5 heteroatoms. The highest BCUT2D eigenvalue weighted by Crippen LogP contribution is 2.52. The second-order valence-corrected chi connectivity index (χ2v) is 19.0. The number of hydrogen-bond donors (Lipinski definition) is 0. The molecule has 2 heterocycles. The van der Waals surface area contributed by atoms with Crippen molar-refractivity contribution in [2.24, 2.45) is 0 Å². The van der Waals surface area contributed by atoms with Crippen LogP contribution in [-0.2, 0) is 42.1 Å². The zero-order valence-electron chi connectivity index (χ0n) is 33.0. The summed E-state index contributed by atoms with van der Waals surface area (Å²) in [5.41, 5.74) is 5.40. The molecule has 0 saturated carbocycles. The molecule has 0 radical (unpaired) electrons. The minimum absolute atomic E-state index is 0.0988. The number of carbonyl (C=O) groups excluding carboxylic acids is 2. The number of benzene rings is 4. The maximum Gasteiger partial charge on any atom is 0.326 e. The average Bonchev–Trinajstić information content (AvgIpc) is 3.44. The van der Waals surface area contributed by atoms with E-state index in [2.05, 4.69) is 107 Å². The standard InChI is InChI=1S/C46H54O5/c1-41(2,3)29-23-33(43(7,8)9)37-35(25-29)45(13,39(47)50-37)27-15-19-31(20-16-27)49-32-21-17-28(18-22-32)46(14)36-26-30(42(4,5)6)24-34(44(10,11)12)38(36)51-40(46)48/h15-26H,1-14H3. The summed E-state index contributed by atoms with van der Waals surface area (Å²) < 4.78 is 18.4. The predicted octanol–water partition coefficient (Wildman–Crippen LogP) is 11.1. The van der Waals surface area contributed by atoms with Gasteiger partial charge in [0, 0.05) is 22.3 Å². The first-order valence-electron chi connectivity index (χ1n) is 18.1. The van der Waals surface area contributed by atoms with E-state index in [9.17, 15) is 9.59 Å². The molecule has 51 heavy (non-hydrogen) atoms. The average molecular weight is 687 g/mol. The molecule has 5 nitrogen and oxygen atoms in total. The molecule has 2 unspecified atom stereocenters. The first kappa shape index (κ1) is 36.4. The van der Waals surface area contributed by atoms with Crippen molar-refractivity contribution in [2.75, 3.05) is 0 Å². The molecule has 0 fully saturated rings. The Kier molecular flexibility index (Phi) is 8.26. The lowest BCUT2D eigenvalue weighted by Gasteiger charge is -2.28. The summed E-state index contributed by atoms with van der Waals surface area (Å²) in [6.45, 7) is 30.0. The van der Waals surface area contributed by atoms with Gasteiger partial charge in [-0.2, -0.15) is 0 Å². The van der Waals surface area contributed by atoms with Crippen LogP contribution in [0.15, 0.2) is 72.8 Å². The molecule has 4 aromatic rings. The van der Waals surface area contributed by atoms with E-state index >= 15 is 0 Å². The van der Waals surface area contributed by atoms with Crippen molar-refractivity contribution in [2.45, 2.75) is 129 Å². The summed E-state index contributed by atoms with van der Waals surface area (Å²) in [5, 5.41) is 0. The van der Waals surface area contributed by atoms with Gasteiger partial charge in [-0.05, 0) is 82.0 Å². The second kappa shape index (κ2) is 11.6. The van der Waals surface area contributed by atoms with Crippen molar-refractivity contribution in [1.29, 1.82) is 0 Å². The van der Waals surface area contributed by atoms with Gasteiger partial charge >= 0.3 is 11.9 Å². The highest BCUT2D eigenvalue weighted by atomic mass is 16.5. The topological polar surface area (TPSA) is 61.8 Å². The Morgan fingerprint density at radius 2 is 0.784 bits per heavy atom. The number of carbonyl (C=O) groups is 2. The summed E-state index contributed by atoms with van der Waals surface area (Å²) in [4.78, 5) is 27.4. The molecule has 0 bridgehead atoms. The van der Waals surface area contributed by atoms with Crippen molar-refractivity contribution in [3.63, 3.8) is 0 Å². The van der Waals surface area contributed by atoms with Gasteiger partial charge in [-0.25, -0.2) is 0 Å². The van der Waals surface area contributed by atoms with Gasteiger partial charge < -0.3 is 14.2 Å². The fourth-order valence-corrected chi connectivity index (χ4v) is 7.21. The third-order valence-electron chi connectivity index (χ3n) is 10.9. The maximum atomic E-state index is 13.7. The number of rotatable bonds is 4. The largest absolute Gasteiger partial charge is 0.457 e. The highest BCUT2D eigenvalue weighted by Gasteiger charge is 2.50. The van der Waals surface area contributed by atoms with Crippen LogP contribution in [0.2, 0.25) is 0 Å². The van der Waals surface area contributed by atoms with Gasteiger partial charge in [0.2, 0.25) is 0 Å². The predicted molar refractivity (Wildman–Crippen MR) is 205 cm³/mol. The zero-order chi connectivity index (χ0) is 37.7. The quantitative estimate of drug-likeness (QED) is 0.158. The summed E-state index contributed by atoms with van der Waals surface area (Å²) in [6, 6.07) is 24.1. The van der Waals surface area contributed by atoms with Crippen molar-refractivity contribution in [1.82, 2.24) is 0 Å². The maximum absolute atomic E-state index is 13.7. The van der Waals surface area contributed by atoms with Crippen molar-refractivity contribution >= 4 is 11.9 Å². The molecule has 2 atom stereocenters. The van der Waals surface area contributed by atoms with E-state index in [0.29, 0.717) is 23.0 Å². The number of fused-ring (bicyclic) bond motifs is 2. The molecule has 0 saturated heterocycles. The van der Waals surface area contributed by atoms with Crippen LogP contribution < -0.4 is 14.2 Å². The van der Waals surface area contributed by atoms with E-state index in [0.717, 1.165) is 33.4 Å². The summed E-state index contributed by atoms with van der Waals surface area (Å²) in [6.07, 6.45) is 0. The third kappa shape index (κ3) is 6.07. The van der Waals surface area contributed by atoms with Crippen LogP contribution in [0.25, 0.3) is 0 Å². The molecule has 268 valence electrons. The SMILES string of the molecule is CC(C)(C)c1cc(C(C)(C)C)c2c(c1)C(C)(c1ccc(Oc3ccc(C4(C)C(=O)Oc5c(C(C)(C)C)cc(C(C)(C)C)cc54)cc3)cc1)C(=O)O2. The van der Waals surface area contributed by atoms with E-state index in [-0.39, 0.29) is 33.6 Å². The van der Waals surface area contributed by atoms with Gasteiger partial charge in [-0.3, -0.25) is 9.59 Å². The Labute approximate surface area is 304 Å². The molecule has 0 aromatic heterocycles. The van der Waals surface area contributed by atoms with Crippen LogP contribution in [-0.4, -0.2) is 11.9 Å². The van der Waals surface area contributed by atoms with Crippen LogP contribution >= 0.6 is 0 Å². The van der Waals surface area contributed by atoms with E-state index < -0.39 is 10.8 Å². The molecule has 0 aliphatic carbocycles. The second-order valence-electron chi connectivity index (χ2n) is 19.0. The fraction of sp³-hybridized carbons (Fsp3) is 0.435. The lowest BCUT2D eigenvalue weighted by Crippen LogP contribution is -2.31. The minimum Gasteiger partial charge on any atom is -0.457 e. The van der Waals surface area contributed by atoms with E-state index in [1.54, 1.807) is 0 Å². The Hall–Kier alpha value is -4.38. The zero-order valence-corrected chi connectivity index (χ0v) is 33.0. The Bertz CT molecular complexity index is 1890. The lowest BCUT2D eigenvalue weighted by molar-refractivity contribution is -0.137. The molecule has 6 rings (SSSR count). The highest BCUT2D eigenvalue weighted by molar-refractivity contribution is 5.95. The smallest absolute Gasteiger partial charge is 0.326 e. The minimum atomic E-state index is -0.960. The summed E-state index contributed by atoms with van der Waals surface area (Å²) in [5.74, 6) is 2.08. The van der Waals surface area contributed by atoms with Gasteiger partial charge in [0.1, 0.15) is 33.8 Å². The Morgan fingerprint density at radius 3 is 1.06 bits per heavy atom. The van der Waals surface area contributed by atoms with Crippen molar-refractivity contribution < 1.29 is 23.8 Å². The molecular formula is C46H54O5. The molecule has 4 aromatic carbocycles. The van der Waals surface area contributed by atoms with E-state index in [1.165, 1.54) is 11.1 Å². The van der Waals surface area contributed by atoms with Crippen molar-refractivity contribution in [3.05, 3.63) is 117 Å². The van der Waals surface area contributed by atoms with E-state index in [4.69, 9.17) is 14.2 Å². The monoisotopic (exact) mass is 686 g/mol. The van der Waals surface area contributed by atoms with Gasteiger partial charge in [0.25, 0.3) is 0 Å². The number of ether oxygens (including phenoxy) is 3. The molecule has 0 spiro atoms. The molecule has 0 amide bonds. The first-order valence-corrected chi connectivity index (χ1v) is 18.1. The number of esters is 2. The van der Waals surface area contributed by atoms with Crippen molar-refractivity contribution in [3.8, 4) is 23.0 Å². The van der Waals surface area contributed by atoms with Gasteiger partial charge in [0.05, 0.1) is 0 Å². The molecule has 2 aliphatic heterocycles. The number of hydrogen-bond acceptors (Lipinski definition) is 5. The summed E-state index contributed by atoms with van der Waals surface area (Å²) in [7, 11) is 0. The van der Waals surface area contributed by atoms with Gasteiger partial charge in [-0.15, -0.1) is 0 Å². The molecule has 0 N–H and O–H groups in total. The Balaban J connectivity index is 1.30. The molecular weight excluding hydrogens is 633 g/mol. The fourth-order valence-electron chi connectivity index (χ4n) is 7.21. The van der Waals surface area contributed by atoms with Crippen LogP contribution in [0.5, 0.6) is 23.0 Å². The third-order valence-corrected chi connectivity index (χ3v) is 10.9. The van der Waals surface area contributed by atoms with Crippen LogP contribution in [0.4, 0.5) is 0 Å². The van der Waals surface area contributed by atoms with Gasteiger partial charge in [-0.1, -0.05) is 132 Å².